The molecule has 266 valence electrons. The van der Waals surface area contributed by atoms with E-state index in [0.717, 1.165) is 31.2 Å². The monoisotopic (exact) mass is 692 g/mol. The largest absolute Gasteiger partial charge is 0.480 e. The fourth-order valence-corrected chi connectivity index (χ4v) is 6.97. The van der Waals surface area contributed by atoms with Gasteiger partial charge >= 0.3 is 5.97 Å². The lowest BCUT2D eigenvalue weighted by Gasteiger charge is -2.37. The van der Waals surface area contributed by atoms with Crippen LogP contribution in [0.2, 0.25) is 0 Å². The van der Waals surface area contributed by atoms with Gasteiger partial charge in [0.15, 0.2) is 0 Å². The number of carboxylic acid groups (broad SMARTS) is 1. The molecule has 1 saturated carbocycles. The Balaban J connectivity index is 1.20. The fraction of sp³-hybridized carbons (Fsp3) is 0.357. The maximum atomic E-state index is 14.1. The molecule has 1 aliphatic heterocycles. The van der Waals surface area contributed by atoms with Gasteiger partial charge in [-0.3, -0.25) is 9.59 Å². The van der Waals surface area contributed by atoms with Crippen LogP contribution in [-0.2, 0) is 32.6 Å². The predicted octanol–water partition coefficient (Wildman–Crippen LogP) is 8.53. The molecule has 9 heteroatoms. The summed E-state index contributed by atoms with van der Waals surface area (Å²) in [5, 5.41) is 12.9. The lowest BCUT2D eigenvalue weighted by atomic mass is 9.87. The number of rotatable bonds is 11. The fourth-order valence-electron chi connectivity index (χ4n) is 6.97. The van der Waals surface area contributed by atoms with Gasteiger partial charge in [0.25, 0.3) is 0 Å². The van der Waals surface area contributed by atoms with Crippen molar-refractivity contribution in [3.8, 4) is 23.0 Å². The Morgan fingerprint density at radius 3 is 2.02 bits per heavy atom. The summed E-state index contributed by atoms with van der Waals surface area (Å²) in [6, 6.07) is 23.8. The minimum Gasteiger partial charge on any atom is -0.480 e. The van der Waals surface area contributed by atoms with Crippen LogP contribution in [0, 0.1) is 11.7 Å². The predicted molar refractivity (Wildman–Crippen MR) is 193 cm³/mol. The van der Waals surface area contributed by atoms with Crippen molar-refractivity contribution >= 4 is 17.8 Å². The average Bonchev–Trinajstić information content (AvgIpc) is 3.62. The van der Waals surface area contributed by atoms with E-state index < -0.39 is 24.0 Å². The van der Waals surface area contributed by atoms with Crippen LogP contribution in [0.15, 0.2) is 91.0 Å². The highest BCUT2D eigenvalue weighted by molar-refractivity contribution is 5.92. The van der Waals surface area contributed by atoms with E-state index in [1.807, 2.05) is 24.3 Å². The number of hydrogen-bond acceptors (Lipinski definition) is 5. The number of carbonyl (C=O) groups is 3. The third kappa shape index (κ3) is 8.95. The average molecular weight is 693 g/mol. The molecular formula is C42H45FN2O6. The Kier molecular flexibility index (Phi) is 10.7. The number of nitrogens with zero attached hydrogens (tertiary/aromatic N) is 1. The minimum atomic E-state index is -1.24. The van der Waals surface area contributed by atoms with E-state index in [4.69, 9.17) is 9.47 Å². The van der Waals surface area contributed by atoms with Crippen LogP contribution < -0.4 is 14.8 Å². The second kappa shape index (κ2) is 15.4. The third-order valence-corrected chi connectivity index (χ3v) is 9.83. The van der Waals surface area contributed by atoms with Gasteiger partial charge in [-0.15, -0.1) is 0 Å². The van der Waals surface area contributed by atoms with Gasteiger partial charge in [-0.1, -0.05) is 63.9 Å². The summed E-state index contributed by atoms with van der Waals surface area (Å²) in [6.45, 7) is 6.81. The molecule has 0 spiro atoms. The molecule has 8 nitrogen and oxygen atoms in total. The van der Waals surface area contributed by atoms with E-state index >= 15 is 0 Å². The van der Waals surface area contributed by atoms with Gasteiger partial charge in [-0.25, -0.2) is 9.18 Å². The second-order valence-electron chi connectivity index (χ2n) is 14.6. The van der Waals surface area contributed by atoms with Crippen molar-refractivity contribution < 1.29 is 33.4 Å². The van der Waals surface area contributed by atoms with Crippen LogP contribution in [0.5, 0.6) is 23.0 Å². The molecule has 51 heavy (non-hydrogen) atoms. The van der Waals surface area contributed by atoms with Crippen LogP contribution in [0.25, 0.3) is 0 Å². The number of fused-ring (bicyclic) bond motifs is 1. The first-order chi connectivity index (χ1) is 24.4. The molecule has 2 amide bonds. The number of amides is 2. The summed E-state index contributed by atoms with van der Waals surface area (Å²) in [4.78, 5) is 42.0. The number of aliphatic carboxylic acids is 1. The van der Waals surface area contributed by atoms with Gasteiger partial charge in [0, 0.05) is 19.4 Å². The van der Waals surface area contributed by atoms with E-state index in [1.165, 1.54) is 29.8 Å². The third-order valence-electron chi connectivity index (χ3n) is 9.83. The van der Waals surface area contributed by atoms with E-state index in [2.05, 4.69) is 38.2 Å². The molecule has 1 fully saturated rings. The first-order valence-electron chi connectivity index (χ1n) is 17.7. The van der Waals surface area contributed by atoms with Crippen molar-refractivity contribution in [2.24, 2.45) is 5.92 Å². The molecule has 0 saturated heterocycles. The minimum absolute atomic E-state index is 0.0203. The van der Waals surface area contributed by atoms with E-state index in [1.54, 1.807) is 35.2 Å². The van der Waals surface area contributed by atoms with Crippen molar-refractivity contribution in [1.29, 1.82) is 0 Å². The highest BCUT2D eigenvalue weighted by Crippen LogP contribution is 2.37. The molecule has 4 aromatic carbocycles. The van der Waals surface area contributed by atoms with Crippen LogP contribution in [0.4, 0.5) is 4.39 Å². The number of hydrogen-bond donors (Lipinski definition) is 2. The molecule has 2 aliphatic rings. The normalized spacial score (nSPS) is 16.6. The standard InChI is InChI=1S/C42H45FN2O6/c1-42(2,3)30-10-16-33(17-11-30)51-35-20-21-36-29(26-35)22-23-45(38(46)25-27-6-4-5-7-27)39(36)40(47)44-37(41(48)49)24-28-8-14-32(15-9-28)50-34-18-12-31(43)13-19-34/h8-21,26-27,37,39H,4-7,22-25H2,1-3H3,(H,44,47)(H,48,49)/t37-,39?/m0/s1. The maximum absolute atomic E-state index is 14.1. The first kappa shape index (κ1) is 35.6. The summed E-state index contributed by atoms with van der Waals surface area (Å²) >= 11 is 0. The Hall–Kier alpha value is -5.18. The molecular weight excluding hydrogens is 647 g/mol. The Morgan fingerprint density at radius 2 is 1.41 bits per heavy atom. The summed E-state index contributed by atoms with van der Waals surface area (Å²) < 4.78 is 25.2. The Bertz CT molecular complexity index is 1840. The highest BCUT2D eigenvalue weighted by Gasteiger charge is 2.38. The smallest absolute Gasteiger partial charge is 0.326 e. The summed E-state index contributed by atoms with van der Waals surface area (Å²) in [5.41, 5.74) is 3.44. The number of halogens is 1. The number of benzene rings is 4. The van der Waals surface area contributed by atoms with Gasteiger partial charge in [0.05, 0.1) is 0 Å². The summed E-state index contributed by atoms with van der Waals surface area (Å²) in [7, 11) is 0. The van der Waals surface area contributed by atoms with Crippen molar-refractivity contribution in [2.75, 3.05) is 6.54 Å². The Labute approximate surface area is 298 Å². The molecule has 1 heterocycles. The molecule has 6 rings (SSSR count). The van der Waals surface area contributed by atoms with Gasteiger partial charge in [0.1, 0.15) is 40.9 Å². The zero-order valence-electron chi connectivity index (χ0n) is 29.4. The van der Waals surface area contributed by atoms with Gasteiger partial charge in [-0.05, 0) is 114 Å². The quantitative estimate of drug-likeness (QED) is 0.163. The molecule has 1 unspecified atom stereocenters. The van der Waals surface area contributed by atoms with Crippen molar-refractivity contribution in [2.45, 2.75) is 83.2 Å². The summed E-state index contributed by atoms with van der Waals surface area (Å²) in [6.07, 6.45) is 5.15. The Morgan fingerprint density at radius 1 is 0.843 bits per heavy atom. The molecule has 2 N–H and O–H groups in total. The van der Waals surface area contributed by atoms with Crippen LogP contribution >= 0.6 is 0 Å². The number of nitrogens with one attached hydrogen (secondary N) is 1. The molecule has 0 radical (unpaired) electrons. The number of carboxylic acids is 1. The lowest BCUT2D eigenvalue weighted by Crippen LogP contribution is -2.51. The zero-order valence-corrected chi connectivity index (χ0v) is 29.4. The molecule has 1 aliphatic carbocycles. The number of carbonyl (C=O) groups excluding carboxylic acids is 2. The molecule has 0 bridgehead atoms. The van der Waals surface area contributed by atoms with Gasteiger partial charge in [0.2, 0.25) is 11.8 Å². The molecule has 2 atom stereocenters. The molecule has 0 aromatic heterocycles. The van der Waals surface area contributed by atoms with Crippen LogP contribution in [-0.4, -0.2) is 40.4 Å². The maximum Gasteiger partial charge on any atom is 0.326 e. The van der Waals surface area contributed by atoms with Crippen molar-refractivity contribution in [3.05, 3.63) is 119 Å². The lowest BCUT2D eigenvalue weighted by molar-refractivity contribution is -0.145. The first-order valence-corrected chi connectivity index (χ1v) is 17.7. The molecule has 4 aromatic rings. The van der Waals surface area contributed by atoms with Crippen LogP contribution in [0.1, 0.15) is 81.2 Å². The second-order valence-corrected chi connectivity index (χ2v) is 14.6. The SMILES string of the molecule is CC(C)(C)c1ccc(Oc2ccc3c(c2)CCN(C(=O)CC2CCCC2)C3C(=O)N[C@@H](Cc2ccc(Oc3ccc(F)cc3)cc2)C(=O)O)cc1. The van der Waals surface area contributed by atoms with E-state index in [9.17, 15) is 23.9 Å². The van der Waals surface area contributed by atoms with Crippen LogP contribution in [0.3, 0.4) is 0 Å². The van der Waals surface area contributed by atoms with Crippen molar-refractivity contribution in [1.82, 2.24) is 10.2 Å². The summed E-state index contributed by atoms with van der Waals surface area (Å²) in [5.74, 6) is 0.407. The van der Waals surface area contributed by atoms with Crippen molar-refractivity contribution in [3.63, 3.8) is 0 Å². The van der Waals surface area contributed by atoms with E-state index in [0.29, 0.717) is 59.4 Å². The van der Waals surface area contributed by atoms with Gasteiger partial charge < -0.3 is 24.8 Å². The van der Waals surface area contributed by atoms with Gasteiger partial charge in [-0.2, -0.15) is 0 Å². The highest BCUT2D eigenvalue weighted by atomic mass is 19.1. The zero-order chi connectivity index (χ0) is 36.1. The topological polar surface area (TPSA) is 105 Å². The van der Waals surface area contributed by atoms with E-state index in [-0.39, 0.29) is 23.6 Å². The number of ether oxygens (including phenoxy) is 2.